The number of nitrogens with two attached hydrogens (primary N) is 2. The van der Waals surface area contributed by atoms with Crippen LogP contribution in [0.4, 0.5) is 0 Å². The van der Waals surface area contributed by atoms with Crippen molar-refractivity contribution < 1.29 is 29.0 Å². The second-order valence-corrected chi connectivity index (χ2v) is 11.6. The predicted molar refractivity (Wildman–Crippen MR) is 145 cm³/mol. The van der Waals surface area contributed by atoms with Gasteiger partial charge in [0.05, 0.1) is 12.8 Å². The van der Waals surface area contributed by atoms with E-state index in [0.717, 1.165) is 37.8 Å². The summed E-state index contributed by atoms with van der Waals surface area (Å²) < 4.78 is 11.5. The monoisotopic (exact) mass is 547 g/mol. The van der Waals surface area contributed by atoms with Crippen molar-refractivity contribution in [2.75, 3.05) is 26.8 Å². The molecule has 0 spiro atoms. The summed E-state index contributed by atoms with van der Waals surface area (Å²) in [6.07, 6.45) is 8.25. The highest BCUT2D eigenvalue weighted by Crippen LogP contribution is 2.61. The summed E-state index contributed by atoms with van der Waals surface area (Å²) in [6, 6.07) is -0.0108. The minimum Gasteiger partial charge on any atom is -0.463 e. The number of guanidine groups is 1. The van der Waals surface area contributed by atoms with Crippen LogP contribution in [-0.4, -0.2) is 78.8 Å². The van der Waals surface area contributed by atoms with E-state index in [1.54, 1.807) is 7.05 Å². The van der Waals surface area contributed by atoms with Crippen LogP contribution < -0.4 is 22.1 Å². The third-order valence-electron chi connectivity index (χ3n) is 9.01. The number of carbonyl (C=O) groups excluding carboxylic acids is 3. The van der Waals surface area contributed by atoms with Gasteiger partial charge in [0.2, 0.25) is 0 Å². The van der Waals surface area contributed by atoms with Gasteiger partial charge in [0, 0.05) is 38.0 Å². The van der Waals surface area contributed by atoms with Crippen molar-refractivity contribution in [3.63, 3.8) is 0 Å². The average Bonchev–Trinajstić information content (AvgIpc) is 3.64. The molecule has 2 heterocycles. The second kappa shape index (κ2) is 12.4. The first kappa shape index (κ1) is 29.6. The minimum atomic E-state index is -1.86. The average molecular weight is 548 g/mol. The van der Waals surface area contributed by atoms with E-state index in [9.17, 15) is 14.4 Å². The Morgan fingerprint density at radius 2 is 1.97 bits per heavy atom. The third kappa shape index (κ3) is 5.77. The molecule has 2 saturated heterocycles. The van der Waals surface area contributed by atoms with Gasteiger partial charge in [-0.25, -0.2) is 4.79 Å². The molecule has 2 saturated carbocycles. The maximum atomic E-state index is 13.8. The largest absolute Gasteiger partial charge is 0.463 e. The molecule has 4 rings (SSSR count). The van der Waals surface area contributed by atoms with E-state index >= 15 is 0 Å². The lowest BCUT2D eigenvalue weighted by Crippen LogP contribution is -2.58. The van der Waals surface area contributed by atoms with Crippen LogP contribution in [0.1, 0.15) is 71.1 Å². The summed E-state index contributed by atoms with van der Waals surface area (Å²) in [6.45, 7) is 2.84. The molecule has 218 valence electrons. The molecule has 4 aliphatic rings. The van der Waals surface area contributed by atoms with Crippen molar-refractivity contribution in [3.8, 4) is 0 Å². The Bertz CT molecular complexity index is 1000. The number of aliphatic hydroxyl groups is 1. The van der Waals surface area contributed by atoms with E-state index in [1.165, 1.54) is 0 Å². The van der Waals surface area contributed by atoms with Gasteiger partial charge in [-0.2, -0.15) is 0 Å². The number of ketones is 2. The Balaban J connectivity index is 1.54. The highest BCUT2D eigenvalue weighted by Gasteiger charge is 2.86. The van der Waals surface area contributed by atoms with Gasteiger partial charge in [-0.3, -0.25) is 14.6 Å². The molecular weight excluding hydrogens is 502 g/mol. The van der Waals surface area contributed by atoms with Crippen molar-refractivity contribution in [1.82, 2.24) is 10.6 Å². The highest BCUT2D eigenvalue weighted by atomic mass is 16.7. The lowest BCUT2D eigenvalue weighted by atomic mass is 9.61. The fraction of sp³-hybridized carbons (Fsp3) is 0.786. The number of hydrogen-bond donors (Lipinski definition) is 5. The molecule has 4 fully saturated rings. The number of epoxide rings is 1. The van der Waals surface area contributed by atoms with Gasteiger partial charge in [-0.15, -0.1) is 0 Å². The molecule has 39 heavy (non-hydrogen) atoms. The molecule has 0 radical (unpaired) electrons. The van der Waals surface area contributed by atoms with Crippen molar-refractivity contribution >= 4 is 23.5 Å². The van der Waals surface area contributed by atoms with Crippen molar-refractivity contribution in [1.29, 1.82) is 0 Å². The fourth-order valence-electron chi connectivity index (χ4n) is 6.79. The molecule has 11 nitrogen and oxygen atoms in total. The van der Waals surface area contributed by atoms with E-state index < -0.39 is 29.0 Å². The Morgan fingerprint density at radius 3 is 2.64 bits per heavy atom. The second-order valence-electron chi connectivity index (χ2n) is 11.6. The summed E-state index contributed by atoms with van der Waals surface area (Å²) in [5.74, 6) is -1.51. The van der Waals surface area contributed by atoms with Crippen LogP contribution in [0.15, 0.2) is 16.6 Å². The van der Waals surface area contributed by atoms with Gasteiger partial charge in [0.1, 0.15) is 0 Å². The number of esters is 1. The quantitative estimate of drug-likeness (QED) is 0.0469. The maximum Gasteiger partial charge on any atom is 0.349 e. The summed E-state index contributed by atoms with van der Waals surface area (Å²) in [5, 5.41) is 15.6. The molecule has 0 aromatic rings. The van der Waals surface area contributed by atoms with Crippen molar-refractivity contribution in [3.05, 3.63) is 11.6 Å². The summed E-state index contributed by atoms with van der Waals surface area (Å²) in [7, 11) is 1.63. The molecule has 7 atom stereocenters. The maximum absolute atomic E-state index is 13.8. The Kier molecular flexibility index (Phi) is 9.46. The first-order chi connectivity index (χ1) is 18.7. The number of carbonyl (C=O) groups is 3. The first-order valence-corrected chi connectivity index (χ1v) is 14.4. The van der Waals surface area contributed by atoms with Crippen molar-refractivity contribution in [2.45, 2.75) is 94.5 Å². The van der Waals surface area contributed by atoms with E-state index in [2.05, 4.69) is 15.6 Å². The van der Waals surface area contributed by atoms with Crippen LogP contribution in [0.3, 0.4) is 0 Å². The van der Waals surface area contributed by atoms with Crippen LogP contribution >= 0.6 is 0 Å². The lowest BCUT2D eigenvalue weighted by Gasteiger charge is -2.37. The number of unbranched alkanes of at least 4 members (excludes halogenated alkanes) is 1. The number of aliphatic imine (C=N–C) groups is 1. The van der Waals surface area contributed by atoms with Crippen LogP contribution in [0, 0.1) is 17.8 Å². The minimum absolute atomic E-state index is 0.0106. The van der Waals surface area contributed by atoms with Crippen LogP contribution in [-0.2, 0) is 23.9 Å². The van der Waals surface area contributed by atoms with Crippen molar-refractivity contribution in [2.24, 2.45) is 34.2 Å². The van der Waals surface area contributed by atoms with E-state index in [0.29, 0.717) is 38.1 Å². The molecule has 7 N–H and O–H groups in total. The number of rotatable bonds is 11. The topological polar surface area (TPSA) is 182 Å². The van der Waals surface area contributed by atoms with E-state index in [-0.39, 0.29) is 49.3 Å². The number of ether oxygens (including phenoxy) is 2. The molecule has 0 bridgehead atoms. The molecule has 0 amide bonds. The smallest absolute Gasteiger partial charge is 0.349 e. The number of Topliss-reactive ketones (excluding diaryl/α,β-unsaturated/α-hetero) is 2. The number of fused-ring (bicyclic) bond motifs is 2. The predicted octanol–water partition coefficient (Wildman–Crippen LogP) is 0.682. The standard InChI is InChI=1S/C28H45N5O6/c1-17(15-21(33-26(30)31-2)18-10-12-32-22(29)16-18)9-11-27-23(35)19-7-3-4-8-20(19)24(36)28(27,39-27)25(37)38-14-6-5-13-34/h9,18-22,32,34H,3-8,10-16,29H2,1-2H3,(H3,30,31,33). The van der Waals surface area contributed by atoms with E-state index in [1.807, 2.05) is 13.0 Å². The lowest BCUT2D eigenvalue weighted by molar-refractivity contribution is -0.158. The third-order valence-corrected chi connectivity index (χ3v) is 9.01. The molecule has 11 heteroatoms. The SMILES string of the molecule is CN=C(N)NC(CC(C)=CCC12OC1(C(=O)OCCCCO)C(=O)C1CCCCC1C2=O)C1CCNC(N)C1. The fourth-order valence-corrected chi connectivity index (χ4v) is 6.79. The van der Waals surface area contributed by atoms with Crippen LogP contribution in [0.5, 0.6) is 0 Å². The van der Waals surface area contributed by atoms with Gasteiger partial charge in [-0.05, 0) is 64.3 Å². The molecular formula is C28H45N5O6. The van der Waals surface area contributed by atoms with Gasteiger partial charge in [-0.1, -0.05) is 24.5 Å². The molecule has 0 aromatic carbocycles. The van der Waals surface area contributed by atoms with Gasteiger partial charge in [0.25, 0.3) is 5.60 Å². The zero-order valence-corrected chi connectivity index (χ0v) is 23.2. The van der Waals surface area contributed by atoms with E-state index in [4.69, 9.17) is 26.0 Å². The summed E-state index contributed by atoms with van der Waals surface area (Å²) in [5.41, 5.74) is 9.79. The Morgan fingerprint density at radius 1 is 1.26 bits per heavy atom. The number of aliphatic hydroxyl groups excluding tert-OH is 1. The van der Waals surface area contributed by atoms with Gasteiger partial charge >= 0.3 is 5.97 Å². The zero-order chi connectivity index (χ0) is 28.2. The van der Waals surface area contributed by atoms with Crippen LogP contribution in [0.25, 0.3) is 0 Å². The zero-order valence-electron chi connectivity index (χ0n) is 23.2. The number of piperidine rings is 1. The number of hydrogen-bond acceptors (Lipinski definition) is 9. The first-order valence-electron chi connectivity index (χ1n) is 14.4. The molecule has 2 aliphatic carbocycles. The Labute approximate surface area is 230 Å². The Hall–Kier alpha value is -2.34. The van der Waals surface area contributed by atoms with Gasteiger partial charge < -0.3 is 36.7 Å². The normalized spacial score (nSPS) is 35.6. The molecule has 7 unspecified atom stereocenters. The number of nitrogens with zero attached hydrogens (tertiary/aromatic N) is 1. The highest BCUT2D eigenvalue weighted by molar-refractivity contribution is 6.23. The van der Waals surface area contributed by atoms with Crippen LogP contribution in [0.2, 0.25) is 0 Å². The van der Waals surface area contributed by atoms with Gasteiger partial charge in [0.15, 0.2) is 23.1 Å². The molecule has 0 aromatic heterocycles. The number of nitrogens with one attached hydrogen (secondary N) is 2. The summed E-state index contributed by atoms with van der Waals surface area (Å²) >= 11 is 0. The molecule has 2 aliphatic heterocycles. The summed E-state index contributed by atoms with van der Waals surface area (Å²) in [4.78, 5) is 44.9.